The summed E-state index contributed by atoms with van der Waals surface area (Å²) in [4.78, 5) is 0.142. The number of aryl methyl sites for hydroxylation is 1. The van der Waals surface area contributed by atoms with Gasteiger partial charge in [0.15, 0.2) is 0 Å². The van der Waals surface area contributed by atoms with Crippen LogP contribution in [0.2, 0.25) is 0 Å². The zero-order chi connectivity index (χ0) is 13.8. The number of nitrogens with zero attached hydrogens (tertiary/aromatic N) is 1. The van der Waals surface area contributed by atoms with Gasteiger partial charge in [-0.3, -0.25) is 4.21 Å². The molecule has 0 aliphatic carbocycles. The summed E-state index contributed by atoms with van der Waals surface area (Å²) in [7, 11) is -4.64. The topological polar surface area (TPSA) is 87.0 Å². The maximum Gasteiger partial charge on any atom is 0.240 e. The lowest BCUT2D eigenvalue weighted by Crippen LogP contribution is -2.28. The maximum absolute atomic E-state index is 11.9. The Kier molecular flexibility index (Phi) is 5.02. The molecule has 1 aromatic rings. The molecule has 0 aliphatic heterocycles. The predicted octanol–water partition coefficient (Wildman–Crippen LogP) is 0.524. The highest BCUT2D eigenvalue weighted by molar-refractivity contribution is 7.89. The quantitative estimate of drug-likeness (QED) is 0.855. The van der Waals surface area contributed by atoms with Gasteiger partial charge in [-0.1, -0.05) is 0 Å². The van der Waals surface area contributed by atoms with Crippen molar-refractivity contribution in [3.63, 3.8) is 0 Å². The van der Waals surface area contributed by atoms with Crippen LogP contribution in [0.3, 0.4) is 0 Å². The van der Waals surface area contributed by atoms with Crippen LogP contribution in [0.15, 0.2) is 23.1 Å². The second-order valence-corrected chi connectivity index (χ2v) is 7.06. The van der Waals surface area contributed by atoms with E-state index in [2.05, 4.69) is 4.72 Å². The van der Waals surface area contributed by atoms with Crippen molar-refractivity contribution in [1.29, 1.82) is 5.26 Å². The highest BCUT2D eigenvalue weighted by Gasteiger charge is 2.16. The average molecular weight is 286 g/mol. The number of rotatable bonds is 5. The van der Waals surface area contributed by atoms with E-state index in [0.29, 0.717) is 11.1 Å². The Labute approximate surface area is 109 Å². The molecule has 1 atom stereocenters. The monoisotopic (exact) mass is 286 g/mol. The molecule has 0 amide bonds. The van der Waals surface area contributed by atoms with Gasteiger partial charge in [-0.05, 0) is 30.7 Å². The number of nitrogens with one attached hydrogen (secondary N) is 1. The van der Waals surface area contributed by atoms with E-state index in [9.17, 15) is 12.6 Å². The molecule has 0 fully saturated rings. The number of hydrogen-bond acceptors (Lipinski definition) is 4. The third-order valence-corrected chi connectivity index (χ3v) is 4.68. The first-order chi connectivity index (χ1) is 8.36. The van der Waals surface area contributed by atoms with E-state index in [1.54, 1.807) is 6.92 Å². The Morgan fingerprint density at radius 1 is 1.44 bits per heavy atom. The summed E-state index contributed by atoms with van der Waals surface area (Å²) in [5.41, 5.74) is 0.931. The van der Waals surface area contributed by atoms with Crippen LogP contribution in [-0.2, 0) is 20.8 Å². The van der Waals surface area contributed by atoms with Gasteiger partial charge >= 0.3 is 0 Å². The summed E-state index contributed by atoms with van der Waals surface area (Å²) < 4.78 is 37.1. The average Bonchev–Trinajstić information content (AvgIpc) is 2.27. The lowest BCUT2D eigenvalue weighted by molar-refractivity contribution is 0.583. The van der Waals surface area contributed by atoms with Gasteiger partial charge in [0.1, 0.15) is 0 Å². The molecule has 0 aliphatic rings. The SMILES string of the molecule is Cc1cc(C#N)ccc1S(=O)(=O)NCCS(C)=O. The van der Waals surface area contributed by atoms with Crippen molar-refractivity contribution in [2.45, 2.75) is 11.8 Å². The smallest absolute Gasteiger partial charge is 0.240 e. The Bertz CT molecular complexity index is 603. The van der Waals surface area contributed by atoms with E-state index in [1.165, 1.54) is 24.5 Å². The Morgan fingerprint density at radius 2 is 2.11 bits per heavy atom. The van der Waals surface area contributed by atoms with Gasteiger partial charge in [-0.25, -0.2) is 13.1 Å². The van der Waals surface area contributed by atoms with Crippen molar-refractivity contribution in [2.75, 3.05) is 18.6 Å². The van der Waals surface area contributed by atoms with Crippen LogP contribution in [0, 0.1) is 18.3 Å². The summed E-state index contributed by atoms with van der Waals surface area (Å²) in [6.07, 6.45) is 1.52. The number of nitriles is 1. The van der Waals surface area contributed by atoms with E-state index in [1.807, 2.05) is 6.07 Å². The standard InChI is InChI=1S/C11H14N2O3S2/c1-9-7-10(8-12)3-4-11(9)18(15,16)13-5-6-17(2)14/h3-4,7,13H,5-6H2,1-2H3. The minimum atomic E-state index is -3.61. The van der Waals surface area contributed by atoms with E-state index in [-0.39, 0.29) is 17.2 Å². The van der Waals surface area contributed by atoms with Crippen LogP contribution >= 0.6 is 0 Å². The molecular formula is C11H14N2O3S2. The zero-order valence-electron chi connectivity index (χ0n) is 10.1. The lowest BCUT2D eigenvalue weighted by atomic mass is 10.2. The molecule has 1 N–H and O–H groups in total. The molecule has 0 spiro atoms. The summed E-state index contributed by atoms with van der Waals surface area (Å²) in [6, 6.07) is 6.33. The summed E-state index contributed by atoms with van der Waals surface area (Å²) in [5.74, 6) is 0.272. The summed E-state index contributed by atoms with van der Waals surface area (Å²) in [6.45, 7) is 1.76. The molecule has 0 saturated carbocycles. The molecule has 0 aromatic heterocycles. The van der Waals surface area contributed by atoms with Crippen molar-refractivity contribution < 1.29 is 12.6 Å². The molecule has 0 bridgehead atoms. The maximum atomic E-state index is 11.9. The molecule has 1 rings (SSSR count). The predicted molar refractivity (Wildman–Crippen MR) is 70.0 cm³/mol. The normalized spacial score (nSPS) is 12.9. The molecule has 7 heteroatoms. The molecule has 0 radical (unpaired) electrons. The fourth-order valence-electron chi connectivity index (χ4n) is 1.42. The van der Waals surface area contributed by atoms with Crippen molar-refractivity contribution in [3.8, 4) is 6.07 Å². The van der Waals surface area contributed by atoms with Crippen LogP contribution in [0.25, 0.3) is 0 Å². The molecule has 1 aromatic carbocycles. The zero-order valence-corrected chi connectivity index (χ0v) is 11.8. The first-order valence-electron chi connectivity index (χ1n) is 5.17. The van der Waals surface area contributed by atoms with Gasteiger partial charge in [-0.15, -0.1) is 0 Å². The van der Waals surface area contributed by atoms with Gasteiger partial charge in [0, 0.05) is 29.4 Å². The fourth-order valence-corrected chi connectivity index (χ4v) is 3.19. The van der Waals surface area contributed by atoms with Crippen molar-refractivity contribution >= 4 is 20.8 Å². The number of sulfonamides is 1. The van der Waals surface area contributed by atoms with E-state index in [0.717, 1.165) is 0 Å². The van der Waals surface area contributed by atoms with Crippen LogP contribution in [0.4, 0.5) is 0 Å². The van der Waals surface area contributed by atoms with Crippen LogP contribution in [-0.4, -0.2) is 31.2 Å². The molecule has 0 saturated heterocycles. The fraction of sp³-hybridized carbons (Fsp3) is 0.364. The number of hydrogen-bond donors (Lipinski definition) is 1. The van der Waals surface area contributed by atoms with Crippen molar-refractivity contribution in [2.24, 2.45) is 0 Å². The van der Waals surface area contributed by atoms with E-state index < -0.39 is 20.8 Å². The van der Waals surface area contributed by atoms with Gasteiger partial charge in [0.05, 0.1) is 16.5 Å². The van der Waals surface area contributed by atoms with Gasteiger partial charge in [0.2, 0.25) is 10.0 Å². The van der Waals surface area contributed by atoms with Crippen molar-refractivity contribution in [3.05, 3.63) is 29.3 Å². The molecule has 18 heavy (non-hydrogen) atoms. The second kappa shape index (κ2) is 6.09. The van der Waals surface area contributed by atoms with Crippen LogP contribution < -0.4 is 4.72 Å². The van der Waals surface area contributed by atoms with Crippen molar-refractivity contribution in [1.82, 2.24) is 4.72 Å². The third kappa shape index (κ3) is 3.91. The lowest BCUT2D eigenvalue weighted by Gasteiger charge is -2.08. The highest BCUT2D eigenvalue weighted by atomic mass is 32.2. The number of benzene rings is 1. The minimum Gasteiger partial charge on any atom is -0.260 e. The van der Waals surface area contributed by atoms with E-state index >= 15 is 0 Å². The molecular weight excluding hydrogens is 272 g/mol. The molecule has 0 heterocycles. The Balaban J connectivity index is 2.92. The molecule has 98 valence electrons. The highest BCUT2D eigenvalue weighted by Crippen LogP contribution is 2.16. The first-order valence-corrected chi connectivity index (χ1v) is 8.38. The van der Waals surface area contributed by atoms with E-state index in [4.69, 9.17) is 5.26 Å². The summed E-state index contributed by atoms with van der Waals surface area (Å²) >= 11 is 0. The van der Waals surface area contributed by atoms with Gasteiger partial charge < -0.3 is 0 Å². The van der Waals surface area contributed by atoms with Gasteiger partial charge in [-0.2, -0.15) is 5.26 Å². The Morgan fingerprint density at radius 3 is 2.61 bits per heavy atom. The second-order valence-electron chi connectivity index (χ2n) is 3.77. The first kappa shape index (κ1) is 14.8. The Hall–Kier alpha value is -1.23. The largest absolute Gasteiger partial charge is 0.260 e. The third-order valence-electron chi connectivity index (χ3n) is 2.28. The molecule has 5 nitrogen and oxygen atoms in total. The van der Waals surface area contributed by atoms with Crippen LogP contribution in [0.1, 0.15) is 11.1 Å². The molecule has 1 unspecified atom stereocenters. The van der Waals surface area contributed by atoms with Crippen LogP contribution in [0.5, 0.6) is 0 Å². The van der Waals surface area contributed by atoms with Gasteiger partial charge in [0.25, 0.3) is 0 Å². The minimum absolute atomic E-state index is 0.130. The summed E-state index contributed by atoms with van der Waals surface area (Å²) in [5, 5.41) is 8.71.